The van der Waals surface area contributed by atoms with E-state index in [9.17, 15) is 4.79 Å². The van der Waals surface area contributed by atoms with Gasteiger partial charge in [0.05, 0.1) is 12.2 Å². The van der Waals surface area contributed by atoms with Gasteiger partial charge in [0.25, 0.3) is 0 Å². The van der Waals surface area contributed by atoms with Crippen molar-refractivity contribution in [2.45, 2.75) is 26.2 Å². The number of carbonyl (C=O) groups is 1. The number of thiazole rings is 1. The molecule has 1 saturated heterocycles. The fourth-order valence-electron chi connectivity index (χ4n) is 2.04. The molecule has 19 heavy (non-hydrogen) atoms. The van der Waals surface area contributed by atoms with Crippen LogP contribution in [-0.2, 0) is 10.2 Å². The van der Waals surface area contributed by atoms with Crippen LogP contribution in [0, 0.1) is 0 Å². The number of hydrogen-bond acceptors (Lipinski definition) is 5. The van der Waals surface area contributed by atoms with Crippen molar-refractivity contribution in [2.75, 3.05) is 37.6 Å². The maximum Gasteiger partial charge on any atom is 0.317 e. The summed E-state index contributed by atoms with van der Waals surface area (Å²) in [5.41, 5.74) is 1.21. The SMILES string of the molecule is CC(C)(C)c1csc(N2CCN(CC(=O)O)CC2)n1. The van der Waals surface area contributed by atoms with E-state index in [-0.39, 0.29) is 12.0 Å². The number of piperazine rings is 1. The first-order valence-electron chi connectivity index (χ1n) is 6.51. The van der Waals surface area contributed by atoms with E-state index in [4.69, 9.17) is 10.1 Å². The Labute approximate surface area is 117 Å². The number of rotatable bonds is 3. The van der Waals surface area contributed by atoms with E-state index in [0.29, 0.717) is 0 Å². The van der Waals surface area contributed by atoms with Crippen LogP contribution >= 0.6 is 11.3 Å². The number of aromatic nitrogens is 1. The van der Waals surface area contributed by atoms with Crippen LogP contribution in [-0.4, -0.2) is 53.7 Å². The molecule has 0 atom stereocenters. The Balaban J connectivity index is 1.94. The lowest BCUT2D eigenvalue weighted by Crippen LogP contribution is -2.48. The number of anilines is 1. The van der Waals surface area contributed by atoms with Crippen molar-refractivity contribution < 1.29 is 9.90 Å². The van der Waals surface area contributed by atoms with Gasteiger partial charge in [-0.3, -0.25) is 9.69 Å². The minimum absolute atomic E-state index is 0.0832. The van der Waals surface area contributed by atoms with Gasteiger partial charge in [-0.15, -0.1) is 11.3 Å². The highest BCUT2D eigenvalue weighted by atomic mass is 32.1. The molecule has 6 heteroatoms. The Morgan fingerprint density at radius 3 is 2.47 bits per heavy atom. The van der Waals surface area contributed by atoms with Crippen LogP contribution in [0.5, 0.6) is 0 Å². The van der Waals surface area contributed by atoms with Gasteiger partial charge in [0, 0.05) is 37.0 Å². The molecule has 0 radical (unpaired) electrons. The van der Waals surface area contributed by atoms with Gasteiger partial charge < -0.3 is 10.0 Å². The molecule has 1 aromatic heterocycles. The average Bonchev–Trinajstić information content (AvgIpc) is 2.78. The molecule has 0 amide bonds. The van der Waals surface area contributed by atoms with Crippen molar-refractivity contribution in [3.63, 3.8) is 0 Å². The first-order chi connectivity index (χ1) is 8.86. The number of carboxylic acids is 1. The van der Waals surface area contributed by atoms with Crippen LogP contribution in [0.2, 0.25) is 0 Å². The highest BCUT2D eigenvalue weighted by molar-refractivity contribution is 7.13. The summed E-state index contributed by atoms with van der Waals surface area (Å²) in [6, 6.07) is 0. The molecule has 0 saturated carbocycles. The molecule has 2 heterocycles. The zero-order valence-corrected chi connectivity index (χ0v) is 12.5. The maximum absolute atomic E-state index is 10.7. The van der Waals surface area contributed by atoms with Crippen LogP contribution < -0.4 is 4.90 Å². The van der Waals surface area contributed by atoms with Crippen molar-refractivity contribution in [1.82, 2.24) is 9.88 Å². The summed E-state index contributed by atoms with van der Waals surface area (Å²) in [5, 5.41) is 12.0. The molecule has 1 aliphatic heterocycles. The molecule has 1 aromatic rings. The summed E-state index contributed by atoms with van der Waals surface area (Å²) in [6.07, 6.45) is 0. The second-order valence-corrected chi connectivity index (χ2v) is 6.76. The molecule has 106 valence electrons. The van der Waals surface area contributed by atoms with E-state index in [0.717, 1.165) is 37.0 Å². The fourth-order valence-corrected chi connectivity index (χ4v) is 3.15. The third-order valence-electron chi connectivity index (χ3n) is 3.26. The van der Waals surface area contributed by atoms with Crippen molar-refractivity contribution in [1.29, 1.82) is 0 Å². The Hall–Kier alpha value is -1.14. The molecule has 1 N–H and O–H groups in total. The lowest BCUT2D eigenvalue weighted by atomic mass is 9.93. The molecular formula is C13H21N3O2S. The minimum Gasteiger partial charge on any atom is -0.480 e. The zero-order chi connectivity index (χ0) is 14.0. The predicted molar refractivity (Wildman–Crippen MR) is 77.1 cm³/mol. The lowest BCUT2D eigenvalue weighted by Gasteiger charge is -2.33. The molecule has 5 nitrogen and oxygen atoms in total. The third kappa shape index (κ3) is 3.67. The molecular weight excluding hydrogens is 262 g/mol. The van der Waals surface area contributed by atoms with Gasteiger partial charge in [-0.2, -0.15) is 0 Å². The van der Waals surface area contributed by atoms with E-state index in [1.807, 2.05) is 4.90 Å². The lowest BCUT2D eigenvalue weighted by molar-refractivity contribution is -0.138. The topological polar surface area (TPSA) is 56.7 Å². The Morgan fingerprint density at radius 1 is 1.37 bits per heavy atom. The summed E-state index contributed by atoms with van der Waals surface area (Å²) < 4.78 is 0. The van der Waals surface area contributed by atoms with Gasteiger partial charge >= 0.3 is 5.97 Å². The van der Waals surface area contributed by atoms with Gasteiger partial charge in [0.2, 0.25) is 0 Å². The van der Waals surface area contributed by atoms with Gasteiger partial charge in [0.1, 0.15) is 0 Å². The second-order valence-electron chi connectivity index (χ2n) is 5.92. The second kappa shape index (κ2) is 5.46. The molecule has 0 aliphatic carbocycles. The van der Waals surface area contributed by atoms with Crippen molar-refractivity contribution in [3.05, 3.63) is 11.1 Å². The molecule has 1 fully saturated rings. The van der Waals surface area contributed by atoms with Crippen LogP contribution in [0.3, 0.4) is 0 Å². The molecule has 0 unspecified atom stereocenters. The summed E-state index contributed by atoms with van der Waals surface area (Å²) in [5.74, 6) is -0.752. The van der Waals surface area contributed by atoms with E-state index in [1.54, 1.807) is 11.3 Å². The first kappa shape index (κ1) is 14.3. The summed E-state index contributed by atoms with van der Waals surface area (Å²) >= 11 is 1.68. The number of carboxylic acid groups (broad SMARTS) is 1. The number of hydrogen-bond donors (Lipinski definition) is 1. The van der Waals surface area contributed by atoms with Crippen molar-refractivity contribution in [3.8, 4) is 0 Å². The Morgan fingerprint density at radius 2 is 2.00 bits per heavy atom. The highest BCUT2D eigenvalue weighted by Gasteiger charge is 2.23. The first-order valence-corrected chi connectivity index (χ1v) is 7.39. The minimum atomic E-state index is -0.752. The quantitative estimate of drug-likeness (QED) is 0.914. The molecule has 2 rings (SSSR count). The van der Waals surface area contributed by atoms with E-state index < -0.39 is 5.97 Å². The molecule has 0 spiro atoms. The molecule has 1 aliphatic rings. The normalized spacial score (nSPS) is 17.7. The van der Waals surface area contributed by atoms with Crippen LogP contribution in [0.25, 0.3) is 0 Å². The van der Waals surface area contributed by atoms with Gasteiger partial charge in [-0.1, -0.05) is 20.8 Å². The average molecular weight is 283 g/mol. The highest BCUT2D eigenvalue weighted by Crippen LogP contribution is 2.28. The molecule has 0 bridgehead atoms. The maximum atomic E-state index is 10.7. The van der Waals surface area contributed by atoms with E-state index >= 15 is 0 Å². The summed E-state index contributed by atoms with van der Waals surface area (Å²) in [7, 11) is 0. The number of aliphatic carboxylic acids is 1. The van der Waals surface area contributed by atoms with E-state index in [2.05, 4.69) is 31.1 Å². The molecule has 0 aromatic carbocycles. The Bertz CT molecular complexity index is 445. The number of nitrogens with zero attached hydrogens (tertiary/aromatic N) is 3. The smallest absolute Gasteiger partial charge is 0.317 e. The van der Waals surface area contributed by atoms with Crippen LogP contribution in [0.15, 0.2) is 5.38 Å². The largest absolute Gasteiger partial charge is 0.480 e. The predicted octanol–water partition coefficient (Wildman–Crippen LogP) is 1.65. The standard InChI is InChI=1S/C13H21N3O2S/c1-13(2,3)10-9-19-12(14-10)16-6-4-15(5-7-16)8-11(17)18/h9H,4-8H2,1-3H3,(H,17,18). The Kier molecular flexibility index (Phi) is 4.10. The van der Waals surface area contributed by atoms with Gasteiger partial charge in [-0.05, 0) is 0 Å². The van der Waals surface area contributed by atoms with Gasteiger partial charge in [0.15, 0.2) is 5.13 Å². The summed E-state index contributed by atoms with van der Waals surface area (Å²) in [6.45, 7) is 9.91. The van der Waals surface area contributed by atoms with Crippen LogP contribution in [0.1, 0.15) is 26.5 Å². The summed E-state index contributed by atoms with van der Waals surface area (Å²) in [4.78, 5) is 19.6. The van der Waals surface area contributed by atoms with Gasteiger partial charge in [-0.25, -0.2) is 4.98 Å². The van der Waals surface area contributed by atoms with Crippen molar-refractivity contribution in [2.24, 2.45) is 0 Å². The fraction of sp³-hybridized carbons (Fsp3) is 0.692. The monoisotopic (exact) mass is 283 g/mol. The van der Waals surface area contributed by atoms with Crippen molar-refractivity contribution >= 4 is 22.4 Å². The van der Waals surface area contributed by atoms with E-state index in [1.165, 1.54) is 0 Å². The zero-order valence-electron chi connectivity index (χ0n) is 11.7. The van der Waals surface area contributed by atoms with Crippen LogP contribution in [0.4, 0.5) is 5.13 Å². The third-order valence-corrected chi connectivity index (χ3v) is 4.16.